The van der Waals surface area contributed by atoms with Crippen LogP contribution in [0.15, 0.2) is 30.0 Å². The number of nitrogens with one attached hydrogen (secondary N) is 1. The highest BCUT2D eigenvalue weighted by Crippen LogP contribution is 2.37. The Hall–Kier alpha value is -2.09. The Kier molecular flexibility index (Phi) is 4.99. The third-order valence-corrected chi connectivity index (χ3v) is 5.02. The Balaban J connectivity index is 1.93. The van der Waals surface area contributed by atoms with Crippen molar-refractivity contribution in [2.75, 3.05) is 27.2 Å². The number of rotatable bonds is 5. The first-order valence-corrected chi connectivity index (χ1v) is 8.72. The molecule has 2 aromatic rings. The van der Waals surface area contributed by atoms with Crippen LogP contribution in [0.2, 0.25) is 5.02 Å². The first kappa shape index (κ1) is 17.7. The highest BCUT2D eigenvalue weighted by atomic mass is 35.5. The van der Waals surface area contributed by atoms with Gasteiger partial charge in [0.15, 0.2) is 0 Å². The van der Waals surface area contributed by atoms with E-state index >= 15 is 0 Å². The van der Waals surface area contributed by atoms with Crippen molar-refractivity contribution >= 4 is 34.5 Å². The normalized spacial score (nSPS) is 13.9. The number of carbonyl (C=O) groups excluding carboxylic acids is 2. The molecule has 0 atom stereocenters. The number of halogens is 2. The number of thiazole rings is 1. The average molecular weight is 380 g/mol. The first-order valence-electron chi connectivity index (χ1n) is 7.53. The summed E-state index contributed by atoms with van der Waals surface area (Å²) in [5.74, 6) is -1.24. The maximum absolute atomic E-state index is 14.1. The summed E-state index contributed by atoms with van der Waals surface area (Å²) >= 11 is 7.03. The van der Waals surface area contributed by atoms with Gasteiger partial charge in [0, 0.05) is 19.2 Å². The molecule has 0 amide bonds. The monoisotopic (exact) mass is 379 g/mol. The summed E-state index contributed by atoms with van der Waals surface area (Å²) in [4.78, 5) is 31.2. The largest absolute Gasteiger partial charge is 0.380 e. The van der Waals surface area contributed by atoms with Crippen LogP contribution in [0.4, 0.5) is 4.39 Å². The molecule has 3 rings (SSSR count). The number of carbonyl (C=O) groups is 2. The zero-order chi connectivity index (χ0) is 18.1. The molecule has 1 aliphatic carbocycles. The van der Waals surface area contributed by atoms with Crippen LogP contribution < -0.4 is 5.32 Å². The molecular formula is C17H15ClFN3O2S. The first-order chi connectivity index (χ1) is 11.9. The Morgan fingerprint density at radius 2 is 2.08 bits per heavy atom. The van der Waals surface area contributed by atoms with Gasteiger partial charge >= 0.3 is 0 Å². The van der Waals surface area contributed by atoms with Crippen molar-refractivity contribution in [2.24, 2.45) is 0 Å². The molecule has 0 saturated carbocycles. The molecule has 1 heterocycles. The van der Waals surface area contributed by atoms with Crippen LogP contribution in [-0.4, -0.2) is 48.6 Å². The van der Waals surface area contributed by atoms with Gasteiger partial charge in [-0.1, -0.05) is 17.7 Å². The van der Waals surface area contributed by atoms with Gasteiger partial charge in [0.1, 0.15) is 21.4 Å². The minimum atomic E-state index is -0.546. The number of allylic oxidation sites excluding steroid dienone is 2. The van der Waals surface area contributed by atoms with E-state index in [-0.39, 0.29) is 43.4 Å². The number of likely N-dealkylation sites (N-methyl/N-ethyl adjacent to an activating group) is 1. The van der Waals surface area contributed by atoms with E-state index in [1.54, 1.807) is 0 Å². The summed E-state index contributed by atoms with van der Waals surface area (Å²) in [5, 5.41) is 3.38. The second kappa shape index (κ2) is 7.03. The molecule has 130 valence electrons. The number of aromatic nitrogens is 1. The lowest BCUT2D eigenvalue weighted by Crippen LogP contribution is -2.31. The smallest absolute Gasteiger partial charge is 0.221 e. The maximum atomic E-state index is 14.1. The molecule has 0 saturated heterocycles. The van der Waals surface area contributed by atoms with Gasteiger partial charge in [0.2, 0.25) is 11.6 Å². The number of benzene rings is 1. The Morgan fingerprint density at radius 1 is 1.32 bits per heavy atom. The summed E-state index contributed by atoms with van der Waals surface area (Å²) in [5.41, 5.74) is 0.378. The third-order valence-electron chi connectivity index (χ3n) is 3.64. The molecule has 0 radical (unpaired) electrons. The number of fused-ring (bicyclic) bond motifs is 1. The number of hydrogen-bond acceptors (Lipinski definition) is 6. The fraction of sp³-hybridized carbons (Fsp3) is 0.235. The highest BCUT2D eigenvalue weighted by molar-refractivity contribution is 7.17. The SMILES string of the molecule is CN(C)CCNC1=CC(=O)c2nc(-c3c(F)cccc3Cl)sc2C1=O. The predicted molar refractivity (Wildman–Crippen MR) is 95.8 cm³/mol. The van der Waals surface area contributed by atoms with Gasteiger partial charge in [-0.2, -0.15) is 0 Å². The lowest BCUT2D eigenvalue weighted by atomic mass is 10.0. The lowest BCUT2D eigenvalue weighted by molar-refractivity contribution is 0.0978. The quantitative estimate of drug-likeness (QED) is 0.865. The van der Waals surface area contributed by atoms with Gasteiger partial charge in [-0.05, 0) is 26.2 Å². The zero-order valence-electron chi connectivity index (χ0n) is 13.6. The predicted octanol–water partition coefficient (Wildman–Crippen LogP) is 3.02. The van der Waals surface area contributed by atoms with E-state index in [0.29, 0.717) is 13.1 Å². The van der Waals surface area contributed by atoms with Crippen molar-refractivity contribution in [1.29, 1.82) is 0 Å². The van der Waals surface area contributed by atoms with Crippen LogP contribution >= 0.6 is 22.9 Å². The maximum Gasteiger partial charge on any atom is 0.221 e. The summed E-state index contributed by atoms with van der Waals surface area (Å²) < 4.78 is 14.1. The minimum absolute atomic E-state index is 0.0440. The molecule has 5 nitrogen and oxygen atoms in total. The van der Waals surface area contributed by atoms with Gasteiger partial charge < -0.3 is 10.2 Å². The topological polar surface area (TPSA) is 62.3 Å². The highest BCUT2D eigenvalue weighted by Gasteiger charge is 2.31. The Bertz CT molecular complexity index is 872. The summed E-state index contributed by atoms with van der Waals surface area (Å²) in [6.45, 7) is 1.24. The molecule has 0 spiro atoms. The van der Waals surface area contributed by atoms with Crippen LogP contribution in [0.5, 0.6) is 0 Å². The fourth-order valence-electron chi connectivity index (χ4n) is 2.38. The molecule has 1 aromatic carbocycles. The van der Waals surface area contributed by atoms with Crippen LogP contribution in [0.25, 0.3) is 10.6 Å². The van der Waals surface area contributed by atoms with Gasteiger partial charge in [-0.25, -0.2) is 9.37 Å². The van der Waals surface area contributed by atoms with Crippen LogP contribution in [0.3, 0.4) is 0 Å². The molecule has 0 aliphatic heterocycles. The van der Waals surface area contributed by atoms with Crippen molar-refractivity contribution in [1.82, 2.24) is 15.2 Å². The average Bonchev–Trinajstić information content (AvgIpc) is 2.97. The summed E-state index contributed by atoms with van der Waals surface area (Å²) in [7, 11) is 3.82. The van der Waals surface area contributed by atoms with Gasteiger partial charge in [-0.15, -0.1) is 11.3 Å². The van der Waals surface area contributed by atoms with Crippen LogP contribution in [0, 0.1) is 5.82 Å². The molecule has 8 heteroatoms. The van der Waals surface area contributed by atoms with E-state index in [4.69, 9.17) is 11.6 Å². The van der Waals surface area contributed by atoms with E-state index in [9.17, 15) is 14.0 Å². The van der Waals surface area contributed by atoms with Crippen molar-refractivity contribution in [3.05, 3.63) is 51.4 Å². The van der Waals surface area contributed by atoms with Crippen molar-refractivity contribution in [3.63, 3.8) is 0 Å². The number of Topliss-reactive ketones (excluding diaryl/α,β-unsaturated/α-hetero) is 1. The second-order valence-corrected chi connectivity index (χ2v) is 7.18. The molecule has 1 N–H and O–H groups in total. The third kappa shape index (κ3) is 3.49. The standard InChI is InChI=1S/C17H15ClFN3O2S/c1-22(2)7-6-20-11-8-12(23)14-16(15(11)24)25-17(21-14)13-9(18)4-3-5-10(13)19/h3-5,8,20H,6-7H2,1-2H3. The summed E-state index contributed by atoms with van der Waals surface area (Å²) in [6, 6.07) is 4.29. The van der Waals surface area contributed by atoms with E-state index in [1.165, 1.54) is 24.3 Å². The molecule has 0 fully saturated rings. The van der Waals surface area contributed by atoms with Crippen molar-refractivity contribution < 1.29 is 14.0 Å². The molecule has 1 aromatic heterocycles. The number of hydrogen-bond donors (Lipinski definition) is 1. The van der Waals surface area contributed by atoms with Gasteiger partial charge in [0.05, 0.1) is 16.3 Å². The van der Waals surface area contributed by atoms with E-state index in [1.807, 2.05) is 19.0 Å². The van der Waals surface area contributed by atoms with Crippen molar-refractivity contribution in [3.8, 4) is 10.6 Å². The fourth-order valence-corrected chi connectivity index (χ4v) is 3.78. The Labute approximate surface area is 153 Å². The minimum Gasteiger partial charge on any atom is -0.380 e. The van der Waals surface area contributed by atoms with Crippen LogP contribution in [0.1, 0.15) is 20.2 Å². The Morgan fingerprint density at radius 3 is 2.76 bits per heavy atom. The second-order valence-electron chi connectivity index (χ2n) is 5.77. The molecule has 1 aliphatic rings. The van der Waals surface area contributed by atoms with E-state index in [2.05, 4.69) is 10.3 Å². The van der Waals surface area contributed by atoms with Gasteiger partial charge in [0.25, 0.3) is 0 Å². The zero-order valence-corrected chi connectivity index (χ0v) is 15.2. The van der Waals surface area contributed by atoms with Crippen molar-refractivity contribution in [2.45, 2.75) is 0 Å². The molecule has 0 unspecified atom stereocenters. The van der Waals surface area contributed by atoms with E-state index in [0.717, 1.165) is 11.3 Å². The van der Waals surface area contributed by atoms with E-state index < -0.39 is 5.82 Å². The summed E-state index contributed by atoms with van der Waals surface area (Å²) in [6.07, 6.45) is 1.24. The van der Waals surface area contributed by atoms with Crippen LogP contribution in [-0.2, 0) is 0 Å². The molecule has 0 bridgehead atoms. The number of ketones is 2. The number of nitrogens with zero attached hydrogens (tertiary/aromatic N) is 2. The molecule has 25 heavy (non-hydrogen) atoms. The lowest BCUT2D eigenvalue weighted by Gasteiger charge is -2.15. The molecular weight excluding hydrogens is 365 g/mol. The van der Waals surface area contributed by atoms with Gasteiger partial charge in [-0.3, -0.25) is 9.59 Å².